The first-order chi connectivity index (χ1) is 8.91. The molecule has 0 saturated heterocycles. The fraction of sp³-hybridized carbons (Fsp3) is 0.333. The molecular weight excluding hydrogens is 260 g/mol. The van der Waals surface area contributed by atoms with Gasteiger partial charge in [0.1, 0.15) is 0 Å². The van der Waals surface area contributed by atoms with Crippen molar-refractivity contribution in [1.82, 2.24) is 0 Å². The minimum Gasteiger partial charge on any atom is -0.282 e. The van der Waals surface area contributed by atoms with E-state index in [1.807, 2.05) is 45.9 Å². The van der Waals surface area contributed by atoms with Crippen LogP contribution in [0.2, 0.25) is 0 Å². The van der Waals surface area contributed by atoms with Gasteiger partial charge in [-0.05, 0) is 47.4 Å². The van der Waals surface area contributed by atoms with Gasteiger partial charge in [-0.2, -0.15) is 8.42 Å². The summed E-state index contributed by atoms with van der Waals surface area (Å²) in [4.78, 5) is -0.0456. The summed E-state index contributed by atoms with van der Waals surface area (Å²) in [5, 5.41) is 1.85. The SMILES string of the molecule is CC.CCc1ccc2c(C)cc(S(=O)(=O)O)cc2c1. The zero-order chi connectivity index (χ0) is 14.6. The molecule has 4 heteroatoms. The third kappa shape index (κ3) is 3.55. The van der Waals surface area contributed by atoms with Gasteiger partial charge in [0.25, 0.3) is 10.1 Å². The molecule has 0 aliphatic rings. The summed E-state index contributed by atoms with van der Waals surface area (Å²) in [6.07, 6.45) is 0.894. The Labute approximate surface area is 115 Å². The minimum absolute atomic E-state index is 0.0456. The molecule has 0 aliphatic heterocycles. The van der Waals surface area contributed by atoms with Crippen LogP contribution in [0.4, 0.5) is 0 Å². The predicted molar refractivity (Wildman–Crippen MR) is 79.2 cm³/mol. The molecule has 0 atom stereocenters. The molecule has 19 heavy (non-hydrogen) atoms. The fourth-order valence-electron chi connectivity index (χ4n) is 1.95. The molecule has 0 spiro atoms. The molecular formula is C15H20O3S. The summed E-state index contributed by atoms with van der Waals surface area (Å²) < 4.78 is 31.3. The normalized spacial score (nSPS) is 11.0. The number of rotatable bonds is 2. The summed E-state index contributed by atoms with van der Waals surface area (Å²) in [5.41, 5.74) is 1.99. The second-order valence-electron chi connectivity index (χ2n) is 4.12. The van der Waals surface area contributed by atoms with Crippen LogP contribution in [0.15, 0.2) is 35.2 Å². The van der Waals surface area contributed by atoms with Crippen molar-refractivity contribution in [3.63, 3.8) is 0 Å². The van der Waals surface area contributed by atoms with Crippen molar-refractivity contribution in [3.8, 4) is 0 Å². The average molecular weight is 280 g/mol. The maximum absolute atomic E-state index is 11.1. The third-order valence-electron chi connectivity index (χ3n) is 2.90. The fourth-order valence-corrected chi connectivity index (χ4v) is 2.55. The van der Waals surface area contributed by atoms with Crippen LogP contribution in [0, 0.1) is 6.92 Å². The summed E-state index contributed by atoms with van der Waals surface area (Å²) >= 11 is 0. The topological polar surface area (TPSA) is 54.4 Å². The van der Waals surface area contributed by atoms with E-state index in [0.29, 0.717) is 0 Å². The highest BCUT2D eigenvalue weighted by atomic mass is 32.2. The van der Waals surface area contributed by atoms with Gasteiger partial charge in [-0.25, -0.2) is 0 Å². The summed E-state index contributed by atoms with van der Waals surface area (Å²) in [6.45, 7) is 7.88. The zero-order valence-electron chi connectivity index (χ0n) is 11.8. The van der Waals surface area contributed by atoms with Crippen molar-refractivity contribution in [2.45, 2.75) is 39.0 Å². The van der Waals surface area contributed by atoms with Crippen molar-refractivity contribution < 1.29 is 13.0 Å². The summed E-state index contributed by atoms with van der Waals surface area (Å²) in [6, 6.07) is 8.97. The smallest absolute Gasteiger partial charge is 0.282 e. The summed E-state index contributed by atoms with van der Waals surface area (Å²) in [7, 11) is -4.14. The highest BCUT2D eigenvalue weighted by Gasteiger charge is 2.11. The van der Waals surface area contributed by atoms with E-state index in [2.05, 4.69) is 0 Å². The maximum Gasteiger partial charge on any atom is 0.294 e. The molecule has 0 amide bonds. The van der Waals surface area contributed by atoms with Gasteiger partial charge in [0.15, 0.2) is 0 Å². The Hall–Kier alpha value is -1.39. The van der Waals surface area contributed by atoms with E-state index >= 15 is 0 Å². The number of fused-ring (bicyclic) bond motifs is 1. The average Bonchev–Trinajstić information content (AvgIpc) is 2.39. The van der Waals surface area contributed by atoms with Crippen molar-refractivity contribution in [2.75, 3.05) is 0 Å². The molecule has 2 rings (SSSR count). The molecule has 2 aromatic carbocycles. The van der Waals surface area contributed by atoms with Gasteiger partial charge in [-0.1, -0.05) is 39.0 Å². The van der Waals surface area contributed by atoms with Crippen LogP contribution < -0.4 is 0 Å². The molecule has 3 nitrogen and oxygen atoms in total. The van der Waals surface area contributed by atoms with Gasteiger partial charge < -0.3 is 0 Å². The number of benzene rings is 2. The second-order valence-corrected chi connectivity index (χ2v) is 5.55. The lowest BCUT2D eigenvalue weighted by Crippen LogP contribution is -1.98. The first kappa shape index (κ1) is 15.7. The van der Waals surface area contributed by atoms with Gasteiger partial charge in [0.2, 0.25) is 0 Å². The predicted octanol–water partition coefficient (Wildman–Crippen LogP) is 3.98. The Bertz CT molecular complexity index is 673. The second kappa shape index (κ2) is 6.17. The molecule has 0 radical (unpaired) electrons. The maximum atomic E-state index is 11.1. The first-order valence-corrected chi connectivity index (χ1v) is 7.86. The molecule has 0 heterocycles. The Kier molecular flexibility index (Phi) is 5.09. The molecule has 2 aromatic rings. The standard InChI is InChI=1S/C13H14O3S.C2H6/c1-3-10-4-5-13-9(2)6-12(17(14,15)16)8-11(13)7-10;1-2/h4-8H,3H2,1-2H3,(H,14,15,16);1-2H3. The Morgan fingerprint density at radius 3 is 2.26 bits per heavy atom. The molecule has 1 N–H and O–H groups in total. The third-order valence-corrected chi connectivity index (χ3v) is 3.73. The quantitative estimate of drug-likeness (QED) is 0.846. The van der Waals surface area contributed by atoms with E-state index in [4.69, 9.17) is 4.55 Å². The highest BCUT2D eigenvalue weighted by molar-refractivity contribution is 7.85. The Morgan fingerprint density at radius 1 is 1.11 bits per heavy atom. The van der Waals surface area contributed by atoms with Crippen LogP contribution in [0.1, 0.15) is 31.9 Å². The van der Waals surface area contributed by atoms with E-state index in [9.17, 15) is 8.42 Å². The van der Waals surface area contributed by atoms with E-state index in [-0.39, 0.29) is 4.90 Å². The van der Waals surface area contributed by atoms with Crippen molar-refractivity contribution in [3.05, 3.63) is 41.5 Å². The van der Waals surface area contributed by atoms with Crippen LogP contribution >= 0.6 is 0 Å². The van der Waals surface area contributed by atoms with Gasteiger partial charge in [-0.15, -0.1) is 0 Å². The highest BCUT2D eigenvalue weighted by Crippen LogP contribution is 2.24. The minimum atomic E-state index is -4.14. The van der Waals surface area contributed by atoms with Crippen molar-refractivity contribution >= 4 is 20.9 Å². The van der Waals surface area contributed by atoms with E-state index in [1.54, 1.807) is 0 Å². The van der Waals surface area contributed by atoms with Gasteiger partial charge in [-0.3, -0.25) is 4.55 Å². The van der Waals surface area contributed by atoms with Crippen LogP contribution in [-0.2, 0) is 16.5 Å². The summed E-state index contributed by atoms with van der Waals surface area (Å²) in [5.74, 6) is 0. The molecule has 0 unspecified atom stereocenters. The lowest BCUT2D eigenvalue weighted by Gasteiger charge is -2.07. The molecule has 0 bridgehead atoms. The van der Waals surface area contributed by atoms with Crippen molar-refractivity contribution in [1.29, 1.82) is 0 Å². The zero-order valence-corrected chi connectivity index (χ0v) is 12.6. The lowest BCUT2D eigenvalue weighted by atomic mass is 10.0. The van der Waals surface area contributed by atoms with E-state index in [0.717, 1.165) is 28.3 Å². The van der Waals surface area contributed by atoms with Crippen molar-refractivity contribution in [2.24, 2.45) is 0 Å². The van der Waals surface area contributed by atoms with E-state index < -0.39 is 10.1 Å². The van der Waals surface area contributed by atoms with Gasteiger partial charge in [0.05, 0.1) is 4.90 Å². The van der Waals surface area contributed by atoms with E-state index in [1.165, 1.54) is 12.1 Å². The van der Waals surface area contributed by atoms with Crippen LogP contribution in [-0.4, -0.2) is 13.0 Å². The van der Waals surface area contributed by atoms with Crippen LogP contribution in [0.5, 0.6) is 0 Å². The Balaban J connectivity index is 0.000000861. The van der Waals surface area contributed by atoms with Crippen LogP contribution in [0.25, 0.3) is 10.8 Å². The number of hydrogen-bond donors (Lipinski definition) is 1. The number of hydrogen-bond acceptors (Lipinski definition) is 2. The van der Waals surface area contributed by atoms with Gasteiger partial charge >= 0.3 is 0 Å². The molecule has 104 valence electrons. The monoisotopic (exact) mass is 280 g/mol. The first-order valence-electron chi connectivity index (χ1n) is 6.42. The largest absolute Gasteiger partial charge is 0.294 e. The van der Waals surface area contributed by atoms with Gasteiger partial charge in [0, 0.05) is 0 Å². The molecule has 0 aliphatic carbocycles. The molecule has 0 saturated carbocycles. The Morgan fingerprint density at radius 2 is 1.74 bits per heavy atom. The molecule has 0 aromatic heterocycles. The molecule has 0 fully saturated rings. The van der Waals surface area contributed by atoms with Crippen LogP contribution in [0.3, 0.4) is 0 Å². The lowest BCUT2D eigenvalue weighted by molar-refractivity contribution is 0.483. The number of aryl methyl sites for hydroxylation is 2.